The molecule has 7 nitrogen and oxygen atoms in total. The van der Waals surface area contributed by atoms with Gasteiger partial charge in [0.25, 0.3) is 11.8 Å². The number of amides is 2. The SMILES string of the molecule is CN1C(=O)c2cnc3c(c(-c4ccncc4)nn3C)c2C1=O. The molecule has 0 spiro atoms. The Balaban J connectivity index is 2.14. The first kappa shape index (κ1) is 12.6. The number of rotatable bonds is 1. The first-order valence-corrected chi connectivity index (χ1v) is 6.68. The van der Waals surface area contributed by atoms with Crippen LogP contribution < -0.4 is 0 Å². The van der Waals surface area contributed by atoms with E-state index in [1.54, 1.807) is 24.1 Å². The molecule has 0 bridgehead atoms. The molecule has 3 aromatic heterocycles. The van der Waals surface area contributed by atoms with Crippen molar-refractivity contribution in [3.8, 4) is 11.3 Å². The van der Waals surface area contributed by atoms with Gasteiger partial charge in [0, 0.05) is 38.2 Å². The topological polar surface area (TPSA) is 81.0 Å². The average Bonchev–Trinajstić information content (AvgIpc) is 2.99. The summed E-state index contributed by atoms with van der Waals surface area (Å²) < 4.78 is 1.61. The fourth-order valence-corrected chi connectivity index (χ4v) is 2.76. The molecule has 0 saturated carbocycles. The van der Waals surface area contributed by atoms with Gasteiger partial charge < -0.3 is 0 Å². The van der Waals surface area contributed by atoms with Gasteiger partial charge in [-0.1, -0.05) is 0 Å². The highest BCUT2D eigenvalue weighted by molar-refractivity contribution is 6.27. The largest absolute Gasteiger partial charge is 0.277 e. The summed E-state index contributed by atoms with van der Waals surface area (Å²) in [5.74, 6) is -0.658. The van der Waals surface area contributed by atoms with Crippen molar-refractivity contribution in [2.45, 2.75) is 0 Å². The van der Waals surface area contributed by atoms with Crippen LogP contribution in [0.2, 0.25) is 0 Å². The van der Waals surface area contributed by atoms with E-state index in [1.165, 1.54) is 13.2 Å². The molecule has 0 aliphatic carbocycles. The Hall–Kier alpha value is -3.09. The summed E-state index contributed by atoms with van der Waals surface area (Å²) in [4.78, 5) is 34.0. The third-order valence-corrected chi connectivity index (χ3v) is 3.86. The molecule has 1 aliphatic rings. The first-order valence-electron chi connectivity index (χ1n) is 6.68. The zero-order valence-corrected chi connectivity index (χ0v) is 11.9. The number of pyridine rings is 2. The summed E-state index contributed by atoms with van der Waals surface area (Å²) in [6.07, 6.45) is 4.76. The summed E-state index contributed by atoms with van der Waals surface area (Å²) in [6.45, 7) is 0. The lowest BCUT2D eigenvalue weighted by Crippen LogP contribution is -2.24. The van der Waals surface area contributed by atoms with Gasteiger partial charge in [-0.05, 0) is 12.1 Å². The van der Waals surface area contributed by atoms with Crippen molar-refractivity contribution >= 4 is 22.8 Å². The van der Waals surface area contributed by atoms with Crippen molar-refractivity contribution in [3.63, 3.8) is 0 Å². The number of hydrogen-bond donors (Lipinski definition) is 0. The molecule has 4 rings (SSSR count). The molecule has 0 fully saturated rings. The highest BCUT2D eigenvalue weighted by Gasteiger charge is 2.37. The molecule has 22 heavy (non-hydrogen) atoms. The molecule has 0 radical (unpaired) electrons. The zero-order valence-electron chi connectivity index (χ0n) is 11.9. The summed E-state index contributed by atoms with van der Waals surface area (Å²) in [7, 11) is 3.23. The highest BCUT2D eigenvalue weighted by atomic mass is 16.2. The Morgan fingerprint density at radius 2 is 1.77 bits per heavy atom. The Bertz CT molecular complexity index is 945. The lowest BCUT2D eigenvalue weighted by Gasteiger charge is -2.03. The molecule has 0 unspecified atom stereocenters. The van der Waals surface area contributed by atoms with Gasteiger partial charge in [0.1, 0.15) is 5.69 Å². The van der Waals surface area contributed by atoms with Crippen molar-refractivity contribution in [2.24, 2.45) is 7.05 Å². The highest BCUT2D eigenvalue weighted by Crippen LogP contribution is 2.34. The predicted octanol–water partition coefficient (Wildman–Crippen LogP) is 1.26. The van der Waals surface area contributed by atoms with E-state index < -0.39 is 0 Å². The third kappa shape index (κ3) is 1.47. The molecular weight excluding hydrogens is 282 g/mol. The van der Waals surface area contributed by atoms with Crippen LogP contribution in [0.4, 0.5) is 0 Å². The normalized spacial score (nSPS) is 14.0. The second-order valence-electron chi connectivity index (χ2n) is 5.12. The van der Waals surface area contributed by atoms with Crippen molar-refractivity contribution in [2.75, 3.05) is 7.05 Å². The van der Waals surface area contributed by atoms with E-state index in [1.807, 2.05) is 12.1 Å². The van der Waals surface area contributed by atoms with Gasteiger partial charge >= 0.3 is 0 Å². The monoisotopic (exact) mass is 293 g/mol. The lowest BCUT2D eigenvalue weighted by molar-refractivity contribution is 0.0693. The zero-order chi connectivity index (χ0) is 15.4. The van der Waals surface area contributed by atoms with E-state index in [2.05, 4.69) is 15.1 Å². The third-order valence-electron chi connectivity index (χ3n) is 3.86. The van der Waals surface area contributed by atoms with Gasteiger partial charge in [0.15, 0.2) is 5.65 Å². The van der Waals surface area contributed by atoms with E-state index in [4.69, 9.17) is 0 Å². The number of carbonyl (C=O) groups is 2. The number of aryl methyl sites for hydroxylation is 1. The number of nitrogens with zero attached hydrogens (tertiary/aromatic N) is 5. The molecule has 0 aromatic carbocycles. The van der Waals surface area contributed by atoms with E-state index >= 15 is 0 Å². The maximum absolute atomic E-state index is 12.4. The van der Waals surface area contributed by atoms with Crippen molar-refractivity contribution in [1.82, 2.24) is 24.6 Å². The van der Waals surface area contributed by atoms with Crippen LogP contribution in [0, 0.1) is 0 Å². The molecule has 0 atom stereocenters. The Morgan fingerprint density at radius 1 is 1.05 bits per heavy atom. The van der Waals surface area contributed by atoms with Crippen LogP contribution in [0.3, 0.4) is 0 Å². The van der Waals surface area contributed by atoms with Crippen LogP contribution in [0.25, 0.3) is 22.3 Å². The smallest absolute Gasteiger partial charge is 0.262 e. The molecular formula is C15H11N5O2. The van der Waals surface area contributed by atoms with Crippen LogP contribution in [0.1, 0.15) is 20.7 Å². The predicted molar refractivity (Wildman–Crippen MR) is 78.2 cm³/mol. The summed E-state index contributed by atoms with van der Waals surface area (Å²) in [5, 5.41) is 5.07. The second kappa shape index (κ2) is 4.20. The lowest BCUT2D eigenvalue weighted by atomic mass is 10.0. The van der Waals surface area contributed by atoms with Gasteiger partial charge in [-0.15, -0.1) is 0 Å². The van der Waals surface area contributed by atoms with E-state index in [-0.39, 0.29) is 11.8 Å². The Kier molecular flexibility index (Phi) is 2.41. The molecule has 1 aliphatic heterocycles. The number of hydrogen-bond acceptors (Lipinski definition) is 5. The number of fused-ring (bicyclic) bond motifs is 3. The van der Waals surface area contributed by atoms with Gasteiger partial charge in [-0.25, -0.2) is 9.67 Å². The minimum Gasteiger partial charge on any atom is -0.277 e. The van der Waals surface area contributed by atoms with Gasteiger partial charge in [-0.3, -0.25) is 19.5 Å². The quantitative estimate of drug-likeness (QED) is 0.631. The molecule has 0 saturated heterocycles. The molecule has 108 valence electrons. The van der Waals surface area contributed by atoms with E-state index in [0.29, 0.717) is 27.9 Å². The molecule has 4 heterocycles. The molecule has 7 heteroatoms. The standard InChI is InChI=1S/C15H11N5O2/c1-19-14(21)9-7-17-13-11(10(9)15(19)22)12(18-20(13)2)8-3-5-16-6-4-8/h3-7H,1-2H3. The first-order chi connectivity index (χ1) is 10.6. The molecule has 3 aromatic rings. The summed E-state index contributed by atoms with van der Waals surface area (Å²) in [6, 6.07) is 3.62. The fourth-order valence-electron chi connectivity index (χ4n) is 2.76. The van der Waals surface area contributed by atoms with Crippen molar-refractivity contribution in [1.29, 1.82) is 0 Å². The summed E-state index contributed by atoms with van der Waals surface area (Å²) >= 11 is 0. The van der Waals surface area contributed by atoms with E-state index in [0.717, 1.165) is 10.5 Å². The maximum Gasteiger partial charge on any atom is 0.262 e. The molecule has 0 N–H and O–H groups in total. The van der Waals surface area contributed by atoms with Crippen LogP contribution in [-0.4, -0.2) is 43.5 Å². The fraction of sp³-hybridized carbons (Fsp3) is 0.133. The van der Waals surface area contributed by atoms with Gasteiger partial charge in [0.2, 0.25) is 0 Å². The van der Waals surface area contributed by atoms with Crippen molar-refractivity contribution < 1.29 is 9.59 Å². The summed E-state index contributed by atoms with van der Waals surface area (Å²) in [5.41, 5.74) is 2.72. The van der Waals surface area contributed by atoms with Crippen LogP contribution in [0.15, 0.2) is 30.7 Å². The molecule has 2 amide bonds. The maximum atomic E-state index is 12.4. The Labute approximate surface area is 125 Å². The second-order valence-corrected chi connectivity index (χ2v) is 5.12. The number of aromatic nitrogens is 4. The minimum absolute atomic E-state index is 0.323. The Morgan fingerprint density at radius 3 is 2.50 bits per heavy atom. The number of carbonyl (C=O) groups excluding carboxylic acids is 2. The van der Waals surface area contributed by atoms with Crippen LogP contribution in [-0.2, 0) is 7.05 Å². The van der Waals surface area contributed by atoms with Crippen LogP contribution >= 0.6 is 0 Å². The van der Waals surface area contributed by atoms with Crippen LogP contribution in [0.5, 0.6) is 0 Å². The minimum atomic E-state index is -0.334. The van der Waals surface area contributed by atoms with Crippen molar-refractivity contribution in [3.05, 3.63) is 41.9 Å². The van der Waals surface area contributed by atoms with Gasteiger partial charge in [0.05, 0.1) is 16.5 Å². The van der Waals surface area contributed by atoms with E-state index in [9.17, 15) is 9.59 Å². The number of imide groups is 1. The van der Waals surface area contributed by atoms with Gasteiger partial charge in [-0.2, -0.15) is 5.10 Å². The average molecular weight is 293 g/mol.